The molecule has 23 heavy (non-hydrogen) atoms. The zero-order valence-electron chi connectivity index (χ0n) is 12.5. The zero-order chi connectivity index (χ0) is 16.4. The van der Waals surface area contributed by atoms with Crippen LogP contribution in [0.3, 0.4) is 0 Å². The molecule has 7 heteroatoms. The van der Waals surface area contributed by atoms with Crippen LogP contribution in [0.25, 0.3) is 0 Å². The van der Waals surface area contributed by atoms with Crippen molar-refractivity contribution in [3.05, 3.63) is 53.2 Å². The van der Waals surface area contributed by atoms with Crippen LogP contribution in [0.15, 0.2) is 30.6 Å². The van der Waals surface area contributed by atoms with Gasteiger partial charge in [-0.25, -0.2) is 14.2 Å². The minimum atomic E-state index is -0.802. The van der Waals surface area contributed by atoms with Crippen molar-refractivity contribution < 1.29 is 14.0 Å². The smallest absolute Gasteiger partial charge is 0.290 e. The predicted octanol–water partition coefficient (Wildman–Crippen LogP) is 2.76. The van der Waals surface area contributed by atoms with Crippen LogP contribution in [0.1, 0.15) is 40.4 Å². The molecule has 1 aliphatic rings. The van der Waals surface area contributed by atoms with E-state index in [-0.39, 0.29) is 11.4 Å². The Kier molecular flexibility index (Phi) is 4.01. The van der Waals surface area contributed by atoms with E-state index in [0.717, 1.165) is 18.4 Å². The number of hydrogen-bond donors (Lipinski definition) is 2. The fourth-order valence-corrected chi connectivity index (χ4v) is 2.23. The van der Waals surface area contributed by atoms with Crippen LogP contribution in [0, 0.1) is 12.7 Å². The van der Waals surface area contributed by atoms with Gasteiger partial charge >= 0.3 is 6.03 Å². The van der Waals surface area contributed by atoms with Gasteiger partial charge in [0.05, 0.1) is 11.3 Å². The summed E-state index contributed by atoms with van der Waals surface area (Å²) in [5, 5.41) is 4.48. The molecule has 1 aromatic heterocycles. The van der Waals surface area contributed by atoms with Crippen LogP contribution in [-0.4, -0.2) is 21.9 Å². The number of rotatable bonds is 3. The zero-order valence-corrected chi connectivity index (χ0v) is 12.5. The Labute approximate surface area is 132 Å². The van der Waals surface area contributed by atoms with Crippen molar-refractivity contribution in [2.45, 2.75) is 25.7 Å². The van der Waals surface area contributed by atoms with E-state index >= 15 is 0 Å². The molecule has 1 aliphatic carbocycles. The molecule has 3 rings (SSSR count). The molecular formula is C16H15FN4O2. The van der Waals surface area contributed by atoms with Crippen LogP contribution in [0.4, 0.5) is 15.0 Å². The van der Waals surface area contributed by atoms with Gasteiger partial charge in [0.1, 0.15) is 5.82 Å². The summed E-state index contributed by atoms with van der Waals surface area (Å²) in [5.41, 5.74) is 1.23. The number of urea groups is 1. The lowest BCUT2D eigenvalue weighted by Gasteiger charge is -2.08. The van der Waals surface area contributed by atoms with Crippen LogP contribution in [0.2, 0.25) is 0 Å². The maximum Gasteiger partial charge on any atom is 0.327 e. The monoisotopic (exact) mass is 314 g/mol. The quantitative estimate of drug-likeness (QED) is 0.912. The van der Waals surface area contributed by atoms with E-state index in [0.29, 0.717) is 11.6 Å². The van der Waals surface area contributed by atoms with Gasteiger partial charge in [0.25, 0.3) is 5.91 Å². The van der Waals surface area contributed by atoms with E-state index in [1.807, 2.05) is 0 Å². The van der Waals surface area contributed by atoms with Gasteiger partial charge < -0.3 is 0 Å². The van der Waals surface area contributed by atoms with Gasteiger partial charge in [-0.2, -0.15) is 0 Å². The Balaban J connectivity index is 1.66. The van der Waals surface area contributed by atoms with E-state index in [9.17, 15) is 14.0 Å². The number of halogens is 1. The summed E-state index contributed by atoms with van der Waals surface area (Å²) in [5.74, 6) is -0.800. The number of aromatic nitrogens is 2. The lowest BCUT2D eigenvalue weighted by atomic mass is 10.1. The lowest BCUT2D eigenvalue weighted by molar-refractivity contribution is 0.0963. The van der Waals surface area contributed by atoms with Crippen LogP contribution in [0.5, 0.6) is 0 Å². The second kappa shape index (κ2) is 6.12. The van der Waals surface area contributed by atoms with Crippen molar-refractivity contribution in [2.75, 3.05) is 5.32 Å². The topological polar surface area (TPSA) is 84.0 Å². The summed E-state index contributed by atoms with van der Waals surface area (Å²) in [6, 6.07) is 3.70. The Hall–Kier alpha value is -2.83. The van der Waals surface area contributed by atoms with Crippen molar-refractivity contribution in [1.29, 1.82) is 0 Å². The first kappa shape index (κ1) is 15.1. The fraction of sp³-hybridized carbons (Fsp3) is 0.250. The summed E-state index contributed by atoms with van der Waals surface area (Å²) in [6.07, 6.45) is 5.00. The normalized spacial score (nSPS) is 13.5. The Morgan fingerprint density at radius 2 is 1.96 bits per heavy atom. The molecule has 0 radical (unpaired) electrons. The minimum absolute atomic E-state index is 0.166. The molecule has 2 N–H and O–H groups in total. The van der Waals surface area contributed by atoms with Gasteiger partial charge in [0.2, 0.25) is 0 Å². The molecular weight excluding hydrogens is 299 g/mol. The molecule has 0 bridgehead atoms. The molecule has 118 valence electrons. The third kappa shape index (κ3) is 3.50. The summed E-state index contributed by atoms with van der Waals surface area (Å²) >= 11 is 0. The highest BCUT2D eigenvalue weighted by atomic mass is 19.1. The van der Waals surface area contributed by atoms with Crippen LogP contribution < -0.4 is 10.6 Å². The van der Waals surface area contributed by atoms with E-state index < -0.39 is 17.8 Å². The van der Waals surface area contributed by atoms with E-state index in [1.54, 1.807) is 13.0 Å². The van der Waals surface area contributed by atoms with Crippen molar-refractivity contribution >= 4 is 17.8 Å². The number of aryl methyl sites for hydroxylation is 1. The van der Waals surface area contributed by atoms with Gasteiger partial charge in [0.15, 0.2) is 5.82 Å². The number of hydrogen-bond acceptors (Lipinski definition) is 4. The highest BCUT2D eigenvalue weighted by Crippen LogP contribution is 2.40. The van der Waals surface area contributed by atoms with Crippen molar-refractivity contribution in [1.82, 2.24) is 15.3 Å². The van der Waals surface area contributed by atoms with Gasteiger partial charge in [-0.05, 0) is 43.4 Å². The van der Waals surface area contributed by atoms with Gasteiger partial charge in [-0.1, -0.05) is 6.07 Å². The average Bonchev–Trinajstić information content (AvgIpc) is 3.34. The molecule has 0 atom stereocenters. The third-order valence-electron chi connectivity index (χ3n) is 3.63. The number of imide groups is 1. The van der Waals surface area contributed by atoms with E-state index in [1.165, 1.54) is 24.5 Å². The number of benzene rings is 1. The molecule has 0 saturated heterocycles. The first-order chi connectivity index (χ1) is 11.0. The Morgan fingerprint density at radius 3 is 2.61 bits per heavy atom. The summed E-state index contributed by atoms with van der Waals surface area (Å²) in [7, 11) is 0. The maximum absolute atomic E-state index is 14.0. The number of anilines is 1. The second-order valence-corrected chi connectivity index (χ2v) is 5.41. The second-order valence-electron chi connectivity index (χ2n) is 5.41. The fourth-order valence-electron chi connectivity index (χ4n) is 2.23. The Bertz CT molecular complexity index is 774. The van der Waals surface area contributed by atoms with E-state index in [2.05, 4.69) is 20.6 Å². The van der Waals surface area contributed by atoms with Crippen LogP contribution >= 0.6 is 0 Å². The molecule has 0 aliphatic heterocycles. The van der Waals surface area contributed by atoms with Gasteiger partial charge in [0, 0.05) is 12.4 Å². The van der Waals surface area contributed by atoms with Crippen molar-refractivity contribution in [2.24, 2.45) is 0 Å². The first-order valence-corrected chi connectivity index (χ1v) is 7.24. The number of nitrogens with zero attached hydrogens (tertiary/aromatic N) is 2. The number of carbonyl (C=O) groups excluding carboxylic acids is 2. The number of amides is 3. The molecule has 1 aromatic carbocycles. The summed E-state index contributed by atoms with van der Waals surface area (Å²) < 4.78 is 14.0. The molecule has 6 nitrogen and oxygen atoms in total. The number of nitrogens with one attached hydrogen (secondary N) is 2. The van der Waals surface area contributed by atoms with Crippen LogP contribution in [-0.2, 0) is 0 Å². The average molecular weight is 314 g/mol. The van der Waals surface area contributed by atoms with Gasteiger partial charge in [-0.15, -0.1) is 0 Å². The highest BCUT2D eigenvalue weighted by molar-refractivity contribution is 6.07. The number of carbonyl (C=O) groups is 2. The minimum Gasteiger partial charge on any atom is -0.290 e. The molecule has 1 saturated carbocycles. The molecule has 1 fully saturated rings. The predicted molar refractivity (Wildman–Crippen MR) is 81.6 cm³/mol. The highest BCUT2D eigenvalue weighted by Gasteiger charge is 2.25. The first-order valence-electron chi connectivity index (χ1n) is 7.24. The summed E-state index contributed by atoms with van der Waals surface area (Å²) in [4.78, 5) is 31.7. The SMILES string of the molecule is Cc1nccnc1NC(=O)NC(=O)c1ccc(C2CC2)cc1F. The molecule has 1 heterocycles. The van der Waals surface area contributed by atoms with Crippen molar-refractivity contribution in [3.8, 4) is 0 Å². The lowest BCUT2D eigenvalue weighted by Crippen LogP contribution is -2.35. The van der Waals surface area contributed by atoms with E-state index in [4.69, 9.17) is 0 Å². The van der Waals surface area contributed by atoms with Gasteiger partial charge in [-0.3, -0.25) is 20.4 Å². The largest absolute Gasteiger partial charge is 0.327 e. The summed E-state index contributed by atoms with van der Waals surface area (Å²) in [6.45, 7) is 1.67. The molecule has 0 spiro atoms. The standard InChI is InChI=1S/C16H15FN4O2/c1-9-14(19-7-6-18-9)20-16(23)21-15(22)12-5-4-11(8-13(12)17)10-2-3-10/h4-8,10H,2-3H2,1H3,(H2,19,20,21,22,23). The molecule has 3 amide bonds. The maximum atomic E-state index is 14.0. The van der Waals surface area contributed by atoms with Crippen molar-refractivity contribution in [3.63, 3.8) is 0 Å². The molecule has 2 aromatic rings. The Morgan fingerprint density at radius 1 is 1.22 bits per heavy atom. The molecule has 0 unspecified atom stereocenters. The third-order valence-corrected chi connectivity index (χ3v) is 3.63.